The van der Waals surface area contributed by atoms with Crippen molar-refractivity contribution in [2.24, 2.45) is 17.3 Å². The van der Waals surface area contributed by atoms with Gasteiger partial charge in [-0.25, -0.2) is 4.79 Å². The molecule has 0 radical (unpaired) electrons. The summed E-state index contributed by atoms with van der Waals surface area (Å²) in [7, 11) is 1.31. The average molecular weight is 214 g/mol. The van der Waals surface area contributed by atoms with Crippen LogP contribution in [-0.4, -0.2) is 24.3 Å². The zero-order chi connectivity index (χ0) is 11.6. The van der Waals surface area contributed by atoms with Crippen molar-refractivity contribution in [3.8, 4) is 0 Å². The number of carbonyl (C=O) groups excluding carboxylic acids is 1. The second kappa shape index (κ2) is 4.52. The number of rotatable bonds is 5. The number of hydrogen-bond acceptors (Lipinski definition) is 3. The molecule has 1 aliphatic carbocycles. The Morgan fingerprint density at radius 3 is 2.47 bits per heavy atom. The highest BCUT2D eigenvalue weighted by Crippen LogP contribution is 2.43. The molecule has 0 bridgehead atoms. The molecular formula is C12H22O3. The van der Waals surface area contributed by atoms with E-state index in [-0.39, 0.29) is 0 Å². The van der Waals surface area contributed by atoms with E-state index in [1.165, 1.54) is 20.0 Å². The number of esters is 1. The van der Waals surface area contributed by atoms with E-state index in [1.54, 1.807) is 0 Å². The zero-order valence-corrected chi connectivity index (χ0v) is 10.1. The van der Waals surface area contributed by atoms with Crippen molar-refractivity contribution in [3.05, 3.63) is 0 Å². The van der Waals surface area contributed by atoms with E-state index < -0.39 is 17.5 Å². The lowest BCUT2D eigenvalue weighted by molar-refractivity contribution is -0.157. The Balaban J connectivity index is 2.51. The van der Waals surface area contributed by atoms with Gasteiger partial charge in [-0.2, -0.15) is 0 Å². The SMILES string of the molecule is COC(=O)C(O)C(C)(C)CC(C)C1CC1. The fraction of sp³-hybridized carbons (Fsp3) is 0.917. The van der Waals surface area contributed by atoms with E-state index in [2.05, 4.69) is 11.7 Å². The predicted octanol–water partition coefficient (Wildman–Crippen LogP) is 1.98. The number of hydrogen-bond donors (Lipinski definition) is 1. The third-order valence-electron chi connectivity index (χ3n) is 3.44. The fourth-order valence-corrected chi connectivity index (χ4v) is 2.20. The molecule has 0 aromatic carbocycles. The standard InChI is InChI=1S/C12H22O3/c1-8(9-5-6-9)7-12(2,3)10(13)11(14)15-4/h8-10,13H,5-7H2,1-4H3. The molecule has 0 heterocycles. The molecule has 0 aliphatic heterocycles. The smallest absolute Gasteiger partial charge is 0.335 e. The zero-order valence-electron chi connectivity index (χ0n) is 10.1. The van der Waals surface area contributed by atoms with Crippen LogP contribution in [0.25, 0.3) is 0 Å². The Morgan fingerprint density at radius 1 is 1.53 bits per heavy atom. The van der Waals surface area contributed by atoms with E-state index in [0.29, 0.717) is 5.92 Å². The van der Waals surface area contributed by atoms with Gasteiger partial charge in [0, 0.05) is 5.41 Å². The Labute approximate surface area is 91.8 Å². The second-order valence-corrected chi connectivity index (χ2v) is 5.43. The normalized spacial score (nSPS) is 20.9. The summed E-state index contributed by atoms with van der Waals surface area (Å²) in [6.45, 7) is 6.05. The van der Waals surface area contributed by atoms with Crippen LogP contribution < -0.4 is 0 Å². The van der Waals surface area contributed by atoms with Crippen LogP contribution in [0.5, 0.6) is 0 Å². The molecule has 2 atom stereocenters. The lowest BCUT2D eigenvalue weighted by Crippen LogP contribution is -2.38. The van der Waals surface area contributed by atoms with E-state index in [1.807, 2.05) is 13.8 Å². The van der Waals surface area contributed by atoms with E-state index in [0.717, 1.165) is 12.3 Å². The van der Waals surface area contributed by atoms with Gasteiger partial charge in [0.05, 0.1) is 7.11 Å². The molecule has 1 saturated carbocycles. The van der Waals surface area contributed by atoms with E-state index in [9.17, 15) is 9.90 Å². The number of carbonyl (C=O) groups is 1. The average Bonchev–Trinajstić information content (AvgIpc) is 2.97. The summed E-state index contributed by atoms with van der Waals surface area (Å²) < 4.78 is 4.57. The van der Waals surface area contributed by atoms with Gasteiger partial charge in [-0.05, 0) is 31.1 Å². The minimum atomic E-state index is -1.01. The van der Waals surface area contributed by atoms with Gasteiger partial charge >= 0.3 is 5.97 Å². The van der Waals surface area contributed by atoms with Gasteiger partial charge in [0.2, 0.25) is 0 Å². The fourth-order valence-electron chi connectivity index (χ4n) is 2.20. The van der Waals surface area contributed by atoms with Gasteiger partial charge in [0.1, 0.15) is 0 Å². The van der Waals surface area contributed by atoms with E-state index >= 15 is 0 Å². The molecule has 1 rings (SSSR count). The quantitative estimate of drug-likeness (QED) is 0.712. The predicted molar refractivity (Wildman–Crippen MR) is 58.3 cm³/mol. The molecule has 0 aromatic rings. The van der Waals surface area contributed by atoms with Crippen molar-refractivity contribution in [2.75, 3.05) is 7.11 Å². The van der Waals surface area contributed by atoms with Gasteiger partial charge in [-0.3, -0.25) is 0 Å². The van der Waals surface area contributed by atoms with Crippen LogP contribution in [0.3, 0.4) is 0 Å². The summed E-state index contributed by atoms with van der Waals surface area (Å²) in [5.41, 5.74) is -0.394. The molecule has 1 N–H and O–H groups in total. The molecule has 0 spiro atoms. The van der Waals surface area contributed by atoms with Crippen molar-refractivity contribution >= 4 is 5.97 Å². The third-order valence-corrected chi connectivity index (χ3v) is 3.44. The molecule has 88 valence electrons. The summed E-state index contributed by atoms with van der Waals surface area (Å²) in [5, 5.41) is 9.82. The maximum Gasteiger partial charge on any atom is 0.335 e. The van der Waals surface area contributed by atoms with Crippen molar-refractivity contribution in [1.29, 1.82) is 0 Å². The topological polar surface area (TPSA) is 46.5 Å². The molecular weight excluding hydrogens is 192 g/mol. The highest BCUT2D eigenvalue weighted by Gasteiger charge is 2.39. The molecule has 1 aliphatic rings. The van der Waals surface area contributed by atoms with Crippen LogP contribution >= 0.6 is 0 Å². The second-order valence-electron chi connectivity index (χ2n) is 5.43. The third kappa shape index (κ3) is 3.20. The Bertz CT molecular complexity index is 231. The van der Waals surface area contributed by atoms with Crippen molar-refractivity contribution in [1.82, 2.24) is 0 Å². The summed E-state index contributed by atoms with van der Waals surface area (Å²) in [5.74, 6) is 0.858. The highest BCUT2D eigenvalue weighted by molar-refractivity contribution is 5.75. The molecule has 3 nitrogen and oxygen atoms in total. The van der Waals surface area contributed by atoms with Crippen LogP contribution in [0.15, 0.2) is 0 Å². The van der Waals surface area contributed by atoms with Crippen LogP contribution in [0.4, 0.5) is 0 Å². The number of aliphatic hydroxyl groups is 1. The maximum atomic E-state index is 11.3. The van der Waals surface area contributed by atoms with Gasteiger partial charge in [-0.1, -0.05) is 20.8 Å². The first-order valence-electron chi connectivity index (χ1n) is 5.64. The summed E-state index contributed by atoms with van der Waals surface area (Å²) in [6.07, 6.45) is 2.45. The van der Waals surface area contributed by atoms with Crippen molar-refractivity contribution < 1.29 is 14.6 Å². The van der Waals surface area contributed by atoms with Crippen molar-refractivity contribution in [2.45, 2.75) is 46.1 Å². The van der Waals surface area contributed by atoms with Crippen molar-refractivity contribution in [3.63, 3.8) is 0 Å². The van der Waals surface area contributed by atoms with Crippen LogP contribution in [0, 0.1) is 17.3 Å². The number of ether oxygens (including phenoxy) is 1. The number of aliphatic hydroxyl groups excluding tert-OH is 1. The molecule has 0 amide bonds. The molecule has 3 heteroatoms. The first-order valence-corrected chi connectivity index (χ1v) is 5.64. The minimum Gasteiger partial charge on any atom is -0.467 e. The van der Waals surface area contributed by atoms with Crippen LogP contribution in [0.1, 0.15) is 40.0 Å². The monoisotopic (exact) mass is 214 g/mol. The molecule has 0 saturated heterocycles. The summed E-state index contributed by atoms with van der Waals surface area (Å²) in [4.78, 5) is 11.3. The van der Waals surface area contributed by atoms with Gasteiger partial charge in [0.15, 0.2) is 6.10 Å². The van der Waals surface area contributed by atoms with Gasteiger partial charge in [-0.15, -0.1) is 0 Å². The first-order chi connectivity index (χ1) is 6.88. The Morgan fingerprint density at radius 2 is 2.07 bits per heavy atom. The molecule has 15 heavy (non-hydrogen) atoms. The first kappa shape index (κ1) is 12.5. The highest BCUT2D eigenvalue weighted by atomic mass is 16.5. The molecule has 1 fully saturated rings. The summed E-state index contributed by atoms with van der Waals surface area (Å²) in [6, 6.07) is 0. The lowest BCUT2D eigenvalue weighted by atomic mass is 9.77. The van der Waals surface area contributed by atoms with Gasteiger partial charge < -0.3 is 9.84 Å². The van der Waals surface area contributed by atoms with Crippen LogP contribution in [0.2, 0.25) is 0 Å². The van der Waals surface area contributed by atoms with Crippen LogP contribution in [-0.2, 0) is 9.53 Å². The minimum absolute atomic E-state index is 0.394. The molecule has 0 aromatic heterocycles. The molecule has 2 unspecified atom stereocenters. The summed E-state index contributed by atoms with van der Waals surface area (Å²) >= 11 is 0. The Hall–Kier alpha value is -0.570. The van der Waals surface area contributed by atoms with E-state index in [4.69, 9.17) is 0 Å². The number of methoxy groups -OCH3 is 1. The lowest BCUT2D eigenvalue weighted by Gasteiger charge is -2.31. The Kier molecular flexibility index (Phi) is 3.77. The van der Waals surface area contributed by atoms with Gasteiger partial charge in [0.25, 0.3) is 0 Å². The maximum absolute atomic E-state index is 11.3. The largest absolute Gasteiger partial charge is 0.467 e.